The van der Waals surface area contributed by atoms with Crippen LogP contribution in [0.25, 0.3) is 0 Å². The third-order valence-corrected chi connectivity index (χ3v) is 3.10. The fourth-order valence-electron chi connectivity index (χ4n) is 0.240. The highest BCUT2D eigenvalue weighted by Gasteiger charge is 2.42. The van der Waals surface area contributed by atoms with Gasteiger partial charge in [0, 0.05) is 5.33 Å². The van der Waals surface area contributed by atoms with Crippen molar-refractivity contribution in [2.24, 2.45) is 0 Å². The Labute approximate surface area is 81.9 Å². The van der Waals surface area contributed by atoms with Crippen LogP contribution >= 0.6 is 47.8 Å². The second-order valence-electron chi connectivity index (χ2n) is 1.60. The first kappa shape index (κ1) is 11.2. The Hall–Kier alpha value is 1.23. The Balaban J connectivity index is 4.09. The molecule has 6 heteroatoms. The quantitative estimate of drug-likeness (QED) is 0.685. The summed E-state index contributed by atoms with van der Waals surface area (Å²) < 4.78 is 34.4. The Kier molecular flexibility index (Phi) is 4.83. The molecule has 0 N–H and O–H groups in total. The van der Waals surface area contributed by atoms with Gasteiger partial charge in [-0.2, -0.15) is 0 Å². The highest BCUT2D eigenvalue weighted by atomic mass is 79.9. The lowest BCUT2D eigenvalue weighted by molar-refractivity contribution is 0.107. The molecule has 1 unspecified atom stereocenters. The summed E-state index contributed by atoms with van der Waals surface area (Å²) in [5, 5.41) is -0.131. The standard InChI is InChI=1S/C4H4Br3F3/c5-1-2(8)4(6,7)3(9)10/h2-3H,1H2. The minimum atomic E-state index is -2.78. The maximum Gasteiger partial charge on any atom is 0.266 e. The second-order valence-corrected chi connectivity index (χ2v) is 5.93. The molecule has 0 aromatic heterocycles. The van der Waals surface area contributed by atoms with Crippen molar-refractivity contribution in [1.82, 2.24) is 0 Å². The number of rotatable bonds is 3. The summed E-state index contributed by atoms with van der Waals surface area (Å²) >= 11 is 7.82. The fourth-order valence-corrected chi connectivity index (χ4v) is 1.94. The predicted octanol–water partition coefficient (Wildman–Crippen LogP) is 3.47. The van der Waals surface area contributed by atoms with Gasteiger partial charge in [0.25, 0.3) is 6.43 Å². The Morgan fingerprint density at radius 2 is 1.60 bits per heavy atom. The molecule has 1 atom stereocenters. The van der Waals surface area contributed by atoms with E-state index in [0.29, 0.717) is 0 Å². The van der Waals surface area contributed by atoms with Crippen molar-refractivity contribution in [3.05, 3.63) is 0 Å². The molecule has 0 aliphatic carbocycles. The van der Waals surface area contributed by atoms with E-state index in [2.05, 4.69) is 47.8 Å². The minimum Gasteiger partial charge on any atom is -0.244 e. The molecule has 0 saturated heterocycles. The molecule has 0 rings (SSSR count). The van der Waals surface area contributed by atoms with Gasteiger partial charge < -0.3 is 0 Å². The molecule has 0 aromatic rings. The molecule has 0 fully saturated rings. The Morgan fingerprint density at radius 3 is 1.70 bits per heavy atom. The normalized spacial score (nSPS) is 15.9. The smallest absolute Gasteiger partial charge is 0.244 e. The van der Waals surface area contributed by atoms with Crippen LogP contribution in [0.3, 0.4) is 0 Å². The maximum absolute atomic E-state index is 12.5. The second kappa shape index (κ2) is 4.30. The molecule has 0 saturated carbocycles. The predicted molar refractivity (Wildman–Crippen MR) is 45.3 cm³/mol. The van der Waals surface area contributed by atoms with Crippen molar-refractivity contribution >= 4 is 47.8 Å². The molecule has 0 radical (unpaired) electrons. The van der Waals surface area contributed by atoms with Gasteiger partial charge in [0.1, 0.15) is 6.17 Å². The Bertz CT molecular complexity index is 106. The van der Waals surface area contributed by atoms with Crippen LogP contribution in [0, 0.1) is 0 Å². The van der Waals surface area contributed by atoms with Crippen molar-refractivity contribution in [2.45, 2.75) is 15.8 Å². The molecular formula is C4H4Br3F3. The van der Waals surface area contributed by atoms with Gasteiger partial charge in [0.2, 0.25) is 0 Å². The van der Waals surface area contributed by atoms with E-state index < -0.39 is 15.8 Å². The van der Waals surface area contributed by atoms with Gasteiger partial charge in [0.15, 0.2) is 3.23 Å². The number of halogens is 6. The summed E-state index contributed by atoms with van der Waals surface area (Å²) in [6, 6.07) is 0. The van der Waals surface area contributed by atoms with E-state index in [0.717, 1.165) is 0 Å². The highest BCUT2D eigenvalue weighted by Crippen LogP contribution is 2.38. The summed E-state index contributed by atoms with van der Waals surface area (Å²) in [7, 11) is 0. The van der Waals surface area contributed by atoms with Crippen molar-refractivity contribution in [3.8, 4) is 0 Å². The summed E-state index contributed by atoms with van der Waals surface area (Å²) in [6.07, 6.45) is -4.44. The summed E-state index contributed by atoms with van der Waals surface area (Å²) in [4.78, 5) is 0. The zero-order valence-electron chi connectivity index (χ0n) is 4.63. The zero-order chi connectivity index (χ0) is 8.36. The van der Waals surface area contributed by atoms with Crippen molar-refractivity contribution < 1.29 is 13.2 Å². The van der Waals surface area contributed by atoms with Crippen LogP contribution in [0.5, 0.6) is 0 Å². The van der Waals surface area contributed by atoms with Gasteiger partial charge in [-0.15, -0.1) is 0 Å². The molecule has 0 amide bonds. The van der Waals surface area contributed by atoms with Crippen molar-refractivity contribution in [1.29, 1.82) is 0 Å². The van der Waals surface area contributed by atoms with Crippen LogP contribution in [0.2, 0.25) is 0 Å². The monoisotopic (exact) mass is 346 g/mol. The molecular weight excluding hydrogens is 345 g/mol. The van der Waals surface area contributed by atoms with Gasteiger partial charge in [-0.1, -0.05) is 47.8 Å². The maximum atomic E-state index is 12.5. The van der Waals surface area contributed by atoms with Crippen LogP contribution in [0.4, 0.5) is 13.2 Å². The molecule has 10 heavy (non-hydrogen) atoms. The lowest BCUT2D eigenvalue weighted by Gasteiger charge is -2.21. The van der Waals surface area contributed by atoms with Crippen molar-refractivity contribution in [3.63, 3.8) is 0 Å². The van der Waals surface area contributed by atoms with Gasteiger partial charge in [0.05, 0.1) is 0 Å². The Morgan fingerprint density at radius 1 is 1.20 bits per heavy atom. The largest absolute Gasteiger partial charge is 0.266 e. The van der Waals surface area contributed by atoms with E-state index in [9.17, 15) is 13.2 Å². The van der Waals surface area contributed by atoms with Crippen LogP contribution in [0.15, 0.2) is 0 Å². The number of hydrogen-bond donors (Lipinski definition) is 0. The van der Waals surface area contributed by atoms with E-state index in [1.165, 1.54) is 0 Å². The zero-order valence-corrected chi connectivity index (χ0v) is 9.39. The lowest BCUT2D eigenvalue weighted by Crippen LogP contribution is -2.35. The average Bonchev–Trinajstić information content (AvgIpc) is 1.86. The third kappa shape index (κ3) is 2.70. The topological polar surface area (TPSA) is 0 Å². The summed E-state index contributed by atoms with van der Waals surface area (Å²) in [5.74, 6) is 0. The lowest BCUT2D eigenvalue weighted by atomic mass is 10.3. The summed E-state index contributed by atoms with van der Waals surface area (Å²) in [6.45, 7) is 0. The van der Waals surface area contributed by atoms with Gasteiger partial charge >= 0.3 is 0 Å². The van der Waals surface area contributed by atoms with E-state index in [1.807, 2.05) is 0 Å². The first-order chi connectivity index (χ1) is 4.42. The van der Waals surface area contributed by atoms with E-state index in [-0.39, 0.29) is 5.33 Å². The van der Waals surface area contributed by atoms with Gasteiger partial charge in [-0.3, -0.25) is 0 Å². The third-order valence-electron chi connectivity index (χ3n) is 0.844. The van der Waals surface area contributed by atoms with Crippen molar-refractivity contribution in [2.75, 3.05) is 5.33 Å². The minimum absolute atomic E-state index is 0.131. The fraction of sp³-hybridized carbons (Fsp3) is 1.00. The molecule has 0 spiro atoms. The first-order valence-corrected chi connectivity index (χ1v) is 4.99. The molecule has 0 bridgehead atoms. The van der Waals surface area contributed by atoms with E-state index in [4.69, 9.17) is 0 Å². The number of hydrogen-bond acceptors (Lipinski definition) is 0. The van der Waals surface area contributed by atoms with Crippen LogP contribution in [-0.4, -0.2) is 21.2 Å². The first-order valence-electron chi connectivity index (χ1n) is 2.29. The van der Waals surface area contributed by atoms with Crippen LogP contribution in [0.1, 0.15) is 0 Å². The van der Waals surface area contributed by atoms with Crippen LogP contribution in [-0.2, 0) is 0 Å². The molecule has 0 heterocycles. The highest BCUT2D eigenvalue weighted by molar-refractivity contribution is 9.25. The molecule has 0 aliphatic rings. The van der Waals surface area contributed by atoms with Crippen LogP contribution < -0.4 is 0 Å². The average molecular weight is 349 g/mol. The van der Waals surface area contributed by atoms with Gasteiger partial charge in [-0.05, 0) is 0 Å². The summed E-state index contributed by atoms with van der Waals surface area (Å²) in [5.41, 5.74) is 0. The molecule has 0 aromatic carbocycles. The molecule has 62 valence electrons. The van der Waals surface area contributed by atoms with Gasteiger partial charge in [-0.25, -0.2) is 13.2 Å². The number of alkyl halides is 6. The molecule has 0 aliphatic heterocycles. The SMILES string of the molecule is FC(F)C(Br)(Br)C(F)CBr. The molecule has 0 nitrogen and oxygen atoms in total. The van der Waals surface area contributed by atoms with E-state index >= 15 is 0 Å². The van der Waals surface area contributed by atoms with E-state index in [1.54, 1.807) is 0 Å².